The molecule has 6 heteroatoms. The summed E-state index contributed by atoms with van der Waals surface area (Å²) in [5.74, 6) is 0.144. The van der Waals surface area contributed by atoms with Gasteiger partial charge in [-0.05, 0) is 74.2 Å². The zero-order valence-corrected chi connectivity index (χ0v) is 18.1. The number of aliphatic hydroxyl groups is 1. The Morgan fingerprint density at radius 1 is 1.14 bits per heavy atom. The van der Waals surface area contributed by atoms with Crippen molar-refractivity contribution < 1.29 is 24.2 Å². The first kappa shape index (κ1) is 21.0. The molecule has 0 saturated heterocycles. The van der Waals surface area contributed by atoms with Crippen LogP contribution in [-0.2, 0) is 19.1 Å². The number of halogens is 1. The Bertz CT molecular complexity index is 775. The van der Waals surface area contributed by atoms with Crippen molar-refractivity contribution in [1.29, 1.82) is 0 Å². The smallest absolute Gasteiger partial charge is 0.321 e. The number of carbonyl (C=O) groups excluding carboxylic acids is 3. The number of rotatable bonds is 4. The van der Waals surface area contributed by atoms with Crippen LogP contribution in [0.25, 0.3) is 0 Å². The molecule has 0 amide bonds. The van der Waals surface area contributed by atoms with E-state index in [1.165, 1.54) is 5.57 Å². The Labute approximate surface area is 177 Å². The summed E-state index contributed by atoms with van der Waals surface area (Å²) < 4.78 is 4.94. The van der Waals surface area contributed by atoms with Gasteiger partial charge in [-0.1, -0.05) is 19.4 Å². The number of esters is 1. The van der Waals surface area contributed by atoms with Gasteiger partial charge < -0.3 is 9.84 Å². The number of Topliss-reactive ketones (excluding diaryl/α,β-unsaturated/α-hetero) is 1. The lowest BCUT2D eigenvalue weighted by molar-refractivity contribution is -0.169. The first-order chi connectivity index (χ1) is 13.7. The van der Waals surface area contributed by atoms with Gasteiger partial charge >= 0.3 is 5.97 Å². The average Bonchev–Trinajstić information content (AvgIpc) is 2.98. The zero-order valence-electron chi connectivity index (χ0n) is 17.3. The SMILES string of the molecule is C[C@]12CCC(=O)C=C1CC[C@H]1[C@H]2CC[C@@]2(C)[C@@H]1CC[C@@]2(O)C(=O)COC(=O)CCl. The molecule has 5 nitrogen and oxygen atoms in total. The van der Waals surface area contributed by atoms with Crippen molar-refractivity contribution in [1.82, 2.24) is 0 Å². The molecule has 0 aliphatic heterocycles. The molecule has 0 bridgehead atoms. The summed E-state index contributed by atoms with van der Waals surface area (Å²) in [6.07, 6.45) is 8.37. The Kier molecular flexibility index (Phi) is 5.22. The van der Waals surface area contributed by atoms with Gasteiger partial charge in [0.25, 0.3) is 0 Å². The van der Waals surface area contributed by atoms with E-state index in [0.29, 0.717) is 24.7 Å². The number of alkyl halides is 1. The van der Waals surface area contributed by atoms with E-state index < -0.39 is 29.4 Å². The van der Waals surface area contributed by atoms with E-state index in [-0.39, 0.29) is 23.0 Å². The van der Waals surface area contributed by atoms with Crippen molar-refractivity contribution in [3.8, 4) is 0 Å². The normalized spacial score (nSPS) is 43.7. The second-order valence-electron chi connectivity index (χ2n) is 10.0. The third-order valence-electron chi connectivity index (χ3n) is 9.05. The predicted molar refractivity (Wildman–Crippen MR) is 108 cm³/mol. The van der Waals surface area contributed by atoms with E-state index in [2.05, 4.69) is 13.8 Å². The van der Waals surface area contributed by atoms with Crippen molar-refractivity contribution in [2.24, 2.45) is 28.6 Å². The van der Waals surface area contributed by atoms with Crippen molar-refractivity contribution in [2.75, 3.05) is 12.5 Å². The van der Waals surface area contributed by atoms with Crippen LogP contribution in [0.3, 0.4) is 0 Å². The lowest BCUT2D eigenvalue weighted by Crippen LogP contribution is -2.58. The lowest BCUT2D eigenvalue weighted by atomic mass is 9.46. The van der Waals surface area contributed by atoms with Gasteiger partial charge in [-0.15, -0.1) is 11.6 Å². The maximum atomic E-state index is 12.9. The highest BCUT2D eigenvalue weighted by Crippen LogP contribution is 2.67. The van der Waals surface area contributed by atoms with Gasteiger partial charge in [0.15, 0.2) is 12.4 Å². The molecule has 4 aliphatic carbocycles. The molecule has 160 valence electrons. The van der Waals surface area contributed by atoms with Crippen LogP contribution in [0, 0.1) is 28.6 Å². The second-order valence-corrected chi connectivity index (χ2v) is 10.3. The number of allylic oxidation sites excluding steroid dienone is 1. The summed E-state index contributed by atoms with van der Waals surface area (Å²) in [5.41, 5.74) is -0.565. The van der Waals surface area contributed by atoms with Crippen molar-refractivity contribution in [3.05, 3.63) is 11.6 Å². The highest BCUT2D eigenvalue weighted by Gasteiger charge is 2.66. The second kappa shape index (κ2) is 7.19. The van der Waals surface area contributed by atoms with Crippen LogP contribution in [0.4, 0.5) is 0 Å². The number of ether oxygens (including phenoxy) is 1. The summed E-state index contributed by atoms with van der Waals surface area (Å²) in [5, 5.41) is 11.5. The van der Waals surface area contributed by atoms with Crippen LogP contribution >= 0.6 is 11.6 Å². The van der Waals surface area contributed by atoms with E-state index in [0.717, 1.165) is 38.5 Å². The number of hydrogen-bond acceptors (Lipinski definition) is 5. The van der Waals surface area contributed by atoms with Gasteiger partial charge in [0.2, 0.25) is 5.78 Å². The number of fused-ring (bicyclic) bond motifs is 5. The zero-order chi connectivity index (χ0) is 21.0. The fourth-order valence-corrected chi connectivity index (χ4v) is 7.41. The van der Waals surface area contributed by atoms with E-state index in [1.807, 2.05) is 6.08 Å². The quantitative estimate of drug-likeness (QED) is 0.553. The van der Waals surface area contributed by atoms with Crippen molar-refractivity contribution in [2.45, 2.75) is 70.8 Å². The first-order valence-electron chi connectivity index (χ1n) is 10.9. The van der Waals surface area contributed by atoms with Crippen LogP contribution in [0.5, 0.6) is 0 Å². The fourth-order valence-electron chi connectivity index (χ4n) is 7.34. The molecular weight excluding hydrogens is 392 g/mol. The molecule has 3 saturated carbocycles. The molecule has 0 radical (unpaired) electrons. The standard InChI is InChI=1S/C23H31ClO5/c1-21-8-5-15(25)11-14(21)3-4-16-17(21)6-9-22(2)18(16)7-10-23(22,28)19(26)13-29-20(27)12-24/h11,16-18,28H,3-10,12-13H2,1-2H3/t16-,17+,18+,21-,22-,23+/m0/s1. The Morgan fingerprint density at radius 3 is 2.59 bits per heavy atom. The first-order valence-corrected chi connectivity index (χ1v) is 11.4. The van der Waals surface area contributed by atoms with Crippen LogP contribution < -0.4 is 0 Å². The maximum absolute atomic E-state index is 12.9. The summed E-state index contributed by atoms with van der Waals surface area (Å²) in [4.78, 5) is 36.2. The average molecular weight is 423 g/mol. The summed E-state index contributed by atoms with van der Waals surface area (Å²) in [7, 11) is 0. The Balaban J connectivity index is 1.57. The van der Waals surface area contributed by atoms with E-state index in [1.54, 1.807) is 0 Å². The maximum Gasteiger partial charge on any atom is 0.321 e. The molecule has 0 heterocycles. The highest BCUT2D eigenvalue weighted by molar-refractivity contribution is 6.26. The minimum Gasteiger partial charge on any atom is -0.457 e. The topological polar surface area (TPSA) is 80.7 Å². The lowest BCUT2D eigenvalue weighted by Gasteiger charge is -2.58. The predicted octanol–water partition coefficient (Wildman–Crippen LogP) is 3.60. The number of ketones is 2. The molecular formula is C23H31ClO5. The summed E-state index contributed by atoms with van der Waals surface area (Å²) >= 11 is 5.45. The molecule has 4 rings (SSSR count). The Hall–Kier alpha value is -1.20. The molecule has 0 aromatic heterocycles. The van der Waals surface area contributed by atoms with Gasteiger partial charge in [0.1, 0.15) is 11.5 Å². The Morgan fingerprint density at radius 2 is 1.86 bits per heavy atom. The molecule has 0 aromatic carbocycles. The van der Waals surface area contributed by atoms with Crippen molar-refractivity contribution >= 4 is 29.1 Å². The number of hydrogen-bond donors (Lipinski definition) is 1. The van der Waals surface area contributed by atoms with E-state index in [9.17, 15) is 19.5 Å². The van der Waals surface area contributed by atoms with Crippen LogP contribution in [0.15, 0.2) is 11.6 Å². The van der Waals surface area contributed by atoms with Crippen LogP contribution in [-0.4, -0.2) is 40.7 Å². The monoisotopic (exact) mass is 422 g/mol. The molecule has 0 unspecified atom stereocenters. The van der Waals surface area contributed by atoms with Gasteiger partial charge in [-0.2, -0.15) is 0 Å². The minimum atomic E-state index is -1.45. The van der Waals surface area contributed by atoms with E-state index >= 15 is 0 Å². The van der Waals surface area contributed by atoms with Gasteiger partial charge in [-0.3, -0.25) is 14.4 Å². The third kappa shape index (κ3) is 3.03. The largest absolute Gasteiger partial charge is 0.457 e. The highest BCUT2D eigenvalue weighted by atomic mass is 35.5. The molecule has 0 spiro atoms. The van der Waals surface area contributed by atoms with E-state index in [4.69, 9.17) is 16.3 Å². The van der Waals surface area contributed by atoms with Gasteiger partial charge in [0, 0.05) is 11.8 Å². The van der Waals surface area contributed by atoms with Gasteiger partial charge in [0.05, 0.1) is 0 Å². The molecule has 1 N–H and O–H groups in total. The van der Waals surface area contributed by atoms with Crippen molar-refractivity contribution in [3.63, 3.8) is 0 Å². The van der Waals surface area contributed by atoms with Crippen LogP contribution in [0.2, 0.25) is 0 Å². The molecule has 29 heavy (non-hydrogen) atoms. The molecule has 4 aliphatic rings. The van der Waals surface area contributed by atoms with Gasteiger partial charge in [-0.25, -0.2) is 0 Å². The van der Waals surface area contributed by atoms with Crippen LogP contribution in [0.1, 0.15) is 65.2 Å². The summed E-state index contributed by atoms with van der Waals surface area (Å²) in [6, 6.07) is 0. The summed E-state index contributed by atoms with van der Waals surface area (Å²) in [6.45, 7) is 3.97. The minimum absolute atomic E-state index is 0.0682. The molecule has 3 fully saturated rings. The molecule has 0 aromatic rings. The number of carbonyl (C=O) groups is 3. The molecule has 6 atom stereocenters. The fraction of sp³-hybridized carbons (Fsp3) is 0.783. The third-order valence-corrected chi connectivity index (χ3v) is 9.27.